The minimum Gasteiger partial charge on any atom is -0.457 e. The predicted molar refractivity (Wildman–Crippen MR) is 107 cm³/mol. The number of piperidine rings is 1. The summed E-state index contributed by atoms with van der Waals surface area (Å²) in [6, 6.07) is 15.3. The van der Waals surface area contributed by atoms with E-state index in [9.17, 15) is 4.79 Å². The van der Waals surface area contributed by atoms with Gasteiger partial charge in [0.15, 0.2) is 0 Å². The number of likely N-dealkylation sites (tertiary alicyclic amines) is 1. The molecule has 0 aliphatic carbocycles. The van der Waals surface area contributed by atoms with Gasteiger partial charge in [-0.1, -0.05) is 30.3 Å². The van der Waals surface area contributed by atoms with Gasteiger partial charge >= 0.3 is 5.97 Å². The molecule has 2 aromatic carbocycles. The standard InChI is InChI=1S/C22H25N3O2/c1-24-11-9-17(10-12-24)20-14-25(23)21-8-7-18(13-19(20)21)22(26)27-15-16-5-3-2-4-6-16/h2-8,13-14,17H,9-12,15,23H2,1H3. The van der Waals surface area contributed by atoms with Gasteiger partial charge in [-0.2, -0.15) is 0 Å². The number of rotatable bonds is 4. The van der Waals surface area contributed by atoms with Crippen LogP contribution in [0.5, 0.6) is 0 Å². The number of nitrogens with zero attached hydrogens (tertiary/aromatic N) is 2. The lowest BCUT2D eigenvalue weighted by Crippen LogP contribution is -2.29. The molecule has 0 bridgehead atoms. The molecule has 0 amide bonds. The average molecular weight is 363 g/mol. The summed E-state index contributed by atoms with van der Waals surface area (Å²) >= 11 is 0. The number of ether oxygens (including phenoxy) is 1. The second-order valence-electron chi connectivity index (χ2n) is 7.36. The van der Waals surface area contributed by atoms with E-state index in [1.807, 2.05) is 48.7 Å². The van der Waals surface area contributed by atoms with Crippen LogP contribution >= 0.6 is 0 Å². The molecule has 1 aliphatic rings. The van der Waals surface area contributed by atoms with Crippen molar-refractivity contribution >= 4 is 16.9 Å². The van der Waals surface area contributed by atoms with E-state index in [2.05, 4.69) is 11.9 Å². The number of carbonyl (C=O) groups is 1. The van der Waals surface area contributed by atoms with Crippen LogP contribution < -0.4 is 5.84 Å². The van der Waals surface area contributed by atoms with Crippen molar-refractivity contribution in [3.05, 3.63) is 71.4 Å². The zero-order valence-electron chi connectivity index (χ0n) is 15.6. The summed E-state index contributed by atoms with van der Waals surface area (Å²) in [7, 11) is 2.16. The van der Waals surface area contributed by atoms with Gasteiger partial charge in [0.05, 0.1) is 11.1 Å². The average Bonchev–Trinajstić information content (AvgIpc) is 3.03. The van der Waals surface area contributed by atoms with E-state index in [4.69, 9.17) is 10.6 Å². The Morgan fingerprint density at radius 2 is 1.89 bits per heavy atom. The van der Waals surface area contributed by atoms with E-state index in [1.54, 1.807) is 10.7 Å². The van der Waals surface area contributed by atoms with Gasteiger partial charge in [0.2, 0.25) is 0 Å². The zero-order valence-corrected chi connectivity index (χ0v) is 15.6. The van der Waals surface area contributed by atoms with Crippen LogP contribution in [-0.2, 0) is 11.3 Å². The maximum Gasteiger partial charge on any atom is 0.338 e. The summed E-state index contributed by atoms with van der Waals surface area (Å²) in [5, 5.41) is 1.06. The molecule has 5 nitrogen and oxygen atoms in total. The molecular formula is C22H25N3O2. The Labute approximate surface area is 159 Å². The van der Waals surface area contributed by atoms with E-state index in [0.717, 1.165) is 42.4 Å². The fraction of sp³-hybridized carbons (Fsp3) is 0.318. The molecule has 1 aliphatic heterocycles. The third-order valence-corrected chi connectivity index (χ3v) is 5.47. The number of hydrogen-bond donors (Lipinski definition) is 1. The minimum absolute atomic E-state index is 0.275. The lowest BCUT2D eigenvalue weighted by molar-refractivity contribution is 0.0473. The van der Waals surface area contributed by atoms with Crippen molar-refractivity contribution in [2.45, 2.75) is 25.4 Å². The third-order valence-electron chi connectivity index (χ3n) is 5.47. The first-order valence-corrected chi connectivity index (χ1v) is 9.41. The number of hydrogen-bond acceptors (Lipinski definition) is 4. The van der Waals surface area contributed by atoms with Crippen molar-refractivity contribution in [1.29, 1.82) is 0 Å². The van der Waals surface area contributed by atoms with Crippen LogP contribution in [0.25, 0.3) is 10.9 Å². The molecule has 3 aromatic rings. The van der Waals surface area contributed by atoms with Gasteiger partial charge < -0.3 is 15.5 Å². The maximum absolute atomic E-state index is 12.5. The Morgan fingerprint density at radius 3 is 2.63 bits per heavy atom. The molecule has 27 heavy (non-hydrogen) atoms. The number of fused-ring (bicyclic) bond motifs is 1. The van der Waals surface area contributed by atoms with Gasteiger partial charge in [-0.3, -0.25) is 4.68 Å². The fourth-order valence-corrected chi connectivity index (χ4v) is 3.86. The molecule has 0 saturated carbocycles. The number of carbonyl (C=O) groups excluding carboxylic acids is 1. The van der Waals surface area contributed by atoms with Crippen molar-refractivity contribution < 1.29 is 9.53 Å². The smallest absolute Gasteiger partial charge is 0.338 e. The van der Waals surface area contributed by atoms with Crippen LogP contribution in [0.15, 0.2) is 54.7 Å². The first-order chi connectivity index (χ1) is 13.1. The van der Waals surface area contributed by atoms with Crippen LogP contribution in [0.4, 0.5) is 0 Å². The number of nitrogens with two attached hydrogens (primary N) is 1. The van der Waals surface area contributed by atoms with E-state index in [0.29, 0.717) is 11.5 Å². The van der Waals surface area contributed by atoms with Gasteiger partial charge in [0, 0.05) is 11.6 Å². The maximum atomic E-state index is 12.5. The number of benzene rings is 2. The highest BCUT2D eigenvalue weighted by molar-refractivity contribution is 5.96. The SMILES string of the molecule is CN1CCC(c2cn(N)c3ccc(C(=O)OCc4ccccc4)cc23)CC1. The second-order valence-corrected chi connectivity index (χ2v) is 7.36. The van der Waals surface area contributed by atoms with Crippen LogP contribution in [0.3, 0.4) is 0 Å². The van der Waals surface area contributed by atoms with E-state index in [-0.39, 0.29) is 12.6 Å². The van der Waals surface area contributed by atoms with Crippen molar-refractivity contribution in [2.24, 2.45) is 0 Å². The highest BCUT2D eigenvalue weighted by Gasteiger charge is 2.23. The summed E-state index contributed by atoms with van der Waals surface area (Å²) in [5.41, 5.74) is 3.73. The van der Waals surface area contributed by atoms with Crippen molar-refractivity contribution in [2.75, 3.05) is 26.0 Å². The monoisotopic (exact) mass is 363 g/mol. The fourth-order valence-electron chi connectivity index (χ4n) is 3.86. The molecule has 5 heteroatoms. The first-order valence-electron chi connectivity index (χ1n) is 9.41. The van der Waals surface area contributed by atoms with Gasteiger partial charge in [0.1, 0.15) is 6.61 Å². The Morgan fingerprint density at radius 1 is 1.15 bits per heavy atom. The van der Waals surface area contributed by atoms with E-state index in [1.165, 1.54) is 5.56 Å². The van der Waals surface area contributed by atoms with Gasteiger partial charge in [-0.25, -0.2) is 4.79 Å². The number of aromatic nitrogens is 1. The Hall–Kier alpha value is -2.79. The molecule has 140 valence electrons. The number of esters is 1. The van der Waals surface area contributed by atoms with Crippen LogP contribution in [0, 0.1) is 0 Å². The number of nitrogen functional groups attached to an aromatic ring is 1. The lowest BCUT2D eigenvalue weighted by atomic mass is 9.89. The zero-order chi connectivity index (χ0) is 18.8. The van der Waals surface area contributed by atoms with Crippen molar-refractivity contribution in [3.8, 4) is 0 Å². The summed E-state index contributed by atoms with van der Waals surface area (Å²) in [5.74, 6) is 6.33. The molecule has 2 heterocycles. The molecular weight excluding hydrogens is 338 g/mol. The second kappa shape index (κ2) is 7.45. The van der Waals surface area contributed by atoms with E-state index < -0.39 is 0 Å². The van der Waals surface area contributed by atoms with Crippen molar-refractivity contribution in [1.82, 2.24) is 9.58 Å². The first kappa shape index (κ1) is 17.6. The van der Waals surface area contributed by atoms with Crippen LogP contribution in [-0.4, -0.2) is 35.7 Å². The molecule has 4 rings (SSSR count). The topological polar surface area (TPSA) is 60.5 Å². The van der Waals surface area contributed by atoms with Gasteiger partial charge in [-0.05, 0) is 68.2 Å². The Balaban J connectivity index is 1.57. The lowest BCUT2D eigenvalue weighted by Gasteiger charge is -2.28. The Bertz CT molecular complexity index is 941. The predicted octanol–water partition coefficient (Wildman–Crippen LogP) is 3.52. The summed E-state index contributed by atoms with van der Waals surface area (Å²) in [4.78, 5) is 14.9. The van der Waals surface area contributed by atoms with Gasteiger partial charge in [0.25, 0.3) is 0 Å². The Kier molecular flexibility index (Phi) is 4.86. The molecule has 0 spiro atoms. The highest BCUT2D eigenvalue weighted by atomic mass is 16.5. The molecule has 0 atom stereocenters. The normalized spacial score (nSPS) is 15.9. The quantitative estimate of drug-likeness (QED) is 0.569. The molecule has 1 fully saturated rings. The summed E-state index contributed by atoms with van der Waals surface area (Å²) in [6.07, 6.45) is 4.23. The highest BCUT2D eigenvalue weighted by Crippen LogP contribution is 2.34. The molecule has 1 saturated heterocycles. The molecule has 2 N–H and O–H groups in total. The largest absolute Gasteiger partial charge is 0.457 e. The van der Waals surface area contributed by atoms with E-state index >= 15 is 0 Å². The van der Waals surface area contributed by atoms with Crippen LogP contribution in [0.1, 0.15) is 40.2 Å². The molecule has 0 unspecified atom stereocenters. The third kappa shape index (κ3) is 3.69. The van der Waals surface area contributed by atoms with Crippen LogP contribution in [0.2, 0.25) is 0 Å². The summed E-state index contributed by atoms with van der Waals surface area (Å²) in [6.45, 7) is 2.44. The van der Waals surface area contributed by atoms with Gasteiger partial charge in [-0.15, -0.1) is 0 Å². The summed E-state index contributed by atoms with van der Waals surface area (Å²) < 4.78 is 7.15. The minimum atomic E-state index is -0.306. The van der Waals surface area contributed by atoms with Crippen molar-refractivity contribution in [3.63, 3.8) is 0 Å². The molecule has 1 aromatic heterocycles. The molecule has 0 radical (unpaired) electrons.